The van der Waals surface area contributed by atoms with Gasteiger partial charge < -0.3 is 15.5 Å². The lowest BCUT2D eigenvalue weighted by Gasteiger charge is -2.13. The molecule has 160 valence electrons. The van der Waals surface area contributed by atoms with E-state index in [9.17, 15) is 9.59 Å². The van der Waals surface area contributed by atoms with Crippen LogP contribution in [0, 0.1) is 0 Å². The van der Waals surface area contributed by atoms with Gasteiger partial charge in [-0.25, -0.2) is 9.97 Å². The molecule has 0 bridgehead atoms. The number of amides is 1. The lowest BCUT2D eigenvalue weighted by molar-refractivity contribution is 0.0989. The summed E-state index contributed by atoms with van der Waals surface area (Å²) in [6.45, 7) is 3.29. The Bertz CT molecular complexity index is 1050. The Morgan fingerprint density at radius 1 is 0.968 bits per heavy atom. The maximum atomic E-state index is 13.0. The average Bonchev–Trinajstić information content (AvgIpc) is 2.79. The number of hydrogen-bond acceptors (Lipinski definition) is 6. The fourth-order valence-corrected chi connectivity index (χ4v) is 2.99. The molecule has 7 nitrogen and oxygen atoms in total. The van der Waals surface area contributed by atoms with Gasteiger partial charge in [0.25, 0.3) is 5.91 Å². The second kappa shape index (κ2) is 10.4. The Hall–Kier alpha value is -3.58. The van der Waals surface area contributed by atoms with Gasteiger partial charge in [-0.05, 0) is 26.2 Å². The summed E-state index contributed by atoms with van der Waals surface area (Å²) in [6, 6.07) is 18.1. The summed E-state index contributed by atoms with van der Waals surface area (Å²) >= 11 is 0. The number of aromatic nitrogens is 2. The molecule has 7 heteroatoms. The SMILES string of the molecule is CCC(=O)c1ccccc1NC(=O)c1cc(NCCN(C)C)nc(-c2ccccc2)n1. The third kappa shape index (κ3) is 5.96. The van der Waals surface area contributed by atoms with Gasteiger partial charge in [0, 0.05) is 36.7 Å². The van der Waals surface area contributed by atoms with Gasteiger partial charge in [0.05, 0.1) is 5.69 Å². The summed E-state index contributed by atoms with van der Waals surface area (Å²) in [5, 5.41) is 6.09. The molecule has 0 aliphatic heterocycles. The van der Waals surface area contributed by atoms with Gasteiger partial charge >= 0.3 is 0 Å². The molecule has 0 unspecified atom stereocenters. The summed E-state index contributed by atoms with van der Waals surface area (Å²) in [4.78, 5) is 36.4. The molecule has 1 heterocycles. The number of ketones is 1. The first kappa shape index (κ1) is 22.1. The average molecular weight is 418 g/mol. The summed E-state index contributed by atoms with van der Waals surface area (Å²) < 4.78 is 0. The van der Waals surface area contributed by atoms with Gasteiger partial charge in [0.2, 0.25) is 0 Å². The van der Waals surface area contributed by atoms with Crippen LogP contribution in [-0.2, 0) is 0 Å². The quantitative estimate of drug-likeness (QED) is 0.513. The molecule has 0 spiro atoms. The van der Waals surface area contributed by atoms with Crippen molar-refractivity contribution in [2.75, 3.05) is 37.8 Å². The van der Waals surface area contributed by atoms with Gasteiger partial charge in [-0.15, -0.1) is 0 Å². The van der Waals surface area contributed by atoms with E-state index >= 15 is 0 Å². The van der Waals surface area contributed by atoms with Crippen LogP contribution in [0.5, 0.6) is 0 Å². The fraction of sp³-hybridized carbons (Fsp3) is 0.250. The molecule has 31 heavy (non-hydrogen) atoms. The molecule has 0 fully saturated rings. The highest BCUT2D eigenvalue weighted by atomic mass is 16.2. The zero-order valence-corrected chi connectivity index (χ0v) is 18.1. The highest BCUT2D eigenvalue weighted by Gasteiger charge is 2.16. The lowest BCUT2D eigenvalue weighted by atomic mass is 10.1. The Labute approximate surface area is 182 Å². The van der Waals surface area contributed by atoms with Crippen LogP contribution in [0.4, 0.5) is 11.5 Å². The zero-order valence-electron chi connectivity index (χ0n) is 18.1. The number of nitrogens with one attached hydrogen (secondary N) is 2. The molecule has 0 aliphatic rings. The number of benzene rings is 2. The molecule has 1 amide bonds. The largest absolute Gasteiger partial charge is 0.369 e. The van der Waals surface area contributed by atoms with Crippen LogP contribution in [0.1, 0.15) is 34.2 Å². The second-order valence-electron chi connectivity index (χ2n) is 7.33. The smallest absolute Gasteiger partial charge is 0.274 e. The van der Waals surface area contributed by atoms with Gasteiger partial charge in [0.15, 0.2) is 11.6 Å². The molecule has 0 radical (unpaired) electrons. The molecule has 3 rings (SSSR count). The molecule has 3 aromatic rings. The van der Waals surface area contributed by atoms with E-state index in [1.165, 1.54) is 0 Å². The lowest BCUT2D eigenvalue weighted by Crippen LogP contribution is -2.22. The van der Waals surface area contributed by atoms with Crippen LogP contribution in [0.25, 0.3) is 11.4 Å². The number of anilines is 2. The number of hydrogen-bond donors (Lipinski definition) is 2. The van der Waals surface area contributed by atoms with E-state index in [1.807, 2.05) is 44.4 Å². The Morgan fingerprint density at radius 3 is 2.39 bits per heavy atom. The van der Waals surface area contributed by atoms with Crippen LogP contribution in [-0.4, -0.2) is 53.7 Å². The summed E-state index contributed by atoms with van der Waals surface area (Å²) in [5.41, 5.74) is 2.00. The molecule has 0 aliphatic carbocycles. The van der Waals surface area contributed by atoms with Crippen LogP contribution >= 0.6 is 0 Å². The van der Waals surface area contributed by atoms with Crippen LogP contribution in [0.15, 0.2) is 60.7 Å². The number of Topliss-reactive ketones (excluding diaryl/α,β-unsaturated/α-hetero) is 1. The monoisotopic (exact) mass is 417 g/mol. The maximum absolute atomic E-state index is 13.0. The molecule has 1 aromatic heterocycles. The first-order valence-corrected chi connectivity index (χ1v) is 10.2. The van der Waals surface area contributed by atoms with Crippen LogP contribution < -0.4 is 10.6 Å². The maximum Gasteiger partial charge on any atom is 0.274 e. The second-order valence-corrected chi connectivity index (χ2v) is 7.33. The Morgan fingerprint density at radius 2 is 1.68 bits per heavy atom. The number of carbonyl (C=O) groups is 2. The van der Waals surface area contributed by atoms with Gasteiger partial charge in [-0.3, -0.25) is 9.59 Å². The first-order chi connectivity index (χ1) is 15.0. The zero-order chi connectivity index (χ0) is 22.2. The molecule has 2 N–H and O–H groups in total. The van der Waals surface area contributed by atoms with Crippen molar-refractivity contribution in [3.63, 3.8) is 0 Å². The fourth-order valence-electron chi connectivity index (χ4n) is 2.99. The van der Waals surface area contributed by atoms with E-state index in [0.717, 1.165) is 12.1 Å². The van der Waals surface area contributed by atoms with E-state index in [-0.39, 0.29) is 11.5 Å². The summed E-state index contributed by atoms with van der Waals surface area (Å²) in [6.07, 6.45) is 0.360. The predicted molar refractivity (Wildman–Crippen MR) is 124 cm³/mol. The molecule has 0 saturated carbocycles. The number of nitrogens with zero attached hydrogens (tertiary/aromatic N) is 3. The van der Waals surface area contributed by atoms with E-state index in [2.05, 4.69) is 25.5 Å². The van der Waals surface area contributed by atoms with Crippen molar-refractivity contribution in [1.29, 1.82) is 0 Å². The predicted octanol–water partition coefficient (Wildman–Crippen LogP) is 3.96. The summed E-state index contributed by atoms with van der Waals surface area (Å²) in [5.74, 6) is 0.596. The van der Waals surface area contributed by atoms with Gasteiger partial charge in [0.1, 0.15) is 11.5 Å². The molecule has 0 atom stereocenters. The van der Waals surface area contributed by atoms with Crippen molar-refractivity contribution in [3.8, 4) is 11.4 Å². The number of para-hydroxylation sites is 1. The standard InChI is InChI=1S/C24H27N5O2/c1-4-21(30)18-12-8-9-13-19(18)27-24(31)20-16-22(25-14-15-29(2)3)28-23(26-20)17-10-6-5-7-11-17/h5-13,16H,4,14-15H2,1-3H3,(H,27,31)(H,25,26,28). The van der Waals surface area contributed by atoms with Crippen molar-refractivity contribution in [2.24, 2.45) is 0 Å². The van der Waals surface area contributed by atoms with Crippen LogP contribution in [0.2, 0.25) is 0 Å². The van der Waals surface area contributed by atoms with Crippen molar-refractivity contribution in [2.45, 2.75) is 13.3 Å². The minimum atomic E-state index is -0.397. The normalized spacial score (nSPS) is 10.7. The van der Waals surface area contributed by atoms with Crippen molar-refractivity contribution < 1.29 is 9.59 Å². The van der Waals surface area contributed by atoms with Gasteiger partial charge in [-0.2, -0.15) is 0 Å². The Kier molecular flexibility index (Phi) is 7.45. The topological polar surface area (TPSA) is 87.2 Å². The third-order valence-corrected chi connectivity index (χ3v) is 4.65. The Balaban J connectivity index is 1.92. The van der Waals surface area contributed by atoms with E-state index < -0.39 is 5.91 Å². The van der Waals surface area contributed by atoms with Gasteiger partial charge in [-0.1, -0.05) is 49.4 Å². The third-order valence-electron chi connectivity index (χ3n) is 4.65. The van der Waals surface area contributed by atoms with E-state index in [0.29, 0.717) is 35.9 Å². The molecule has 0 saturated heterocycles. The minimum Gasteiger partial charge on any atom is -0.369 e. The van der Waals surface area contributed by atoms with Crippen LogP contribution in [0.3, 0.4) is 0 Å². The highest BCUT2D eigenvalue weighted by Crippen LogP contribution is 2.21. The number of carbonyl (C=O) groups excluding carboxylic acids is 2. The van der Waals surface area contributed by atoms with Crippen molar-refractivity contribution >= 4 is 23.2 Å². The van der Waals surface area contributed by atoms with E-state index in [1.54, 1.807) is 37.3 Å². The molecule has 2 aromatic carbocycles. The number of rotatable bonds is 9. The number of likely N-dealkylation sites (N-methyl/N-ethyl adjacent to an activating group) is 1. The molecular weight excluding hydrogens is 390 g/mol. The minimum absolute atomic E-state index is 0.0328. The van der Waals surface area contributed by atoms with Crippen molar-refractivity contribution in [3.05, 3.63) is 71.9 Å². The molecular formula is C24H27N5O2. The van der Waals surface area contributed by atoms with Crippen molar-refractivity contribution in [1.82, 2.24) is 14.9 Å². The van der Waals surface area contributed by atoms with E-state index in [4.69, 9.17) is 0 Å². The highest BCUT2D eigenvalue weighted by molar-refractivity contribution is 6.09. The first-order valence-electron chi connectivity index (χ1n) is 10.2. The summed E-state index contributed by atoms with van der Waals surface area (Å²) in [7, 11) is 3.98.